The minimum Gasteiger partial charge on any atom is -0.454 e. The Morgan fingerprint density at radius 2 is 1.66 bits per heavy atom. The molecule has 150 valence electrons. The Morgan fingerprint density at radius 1 is 0.966 bits per heavy atom. The molecule has 29 heavy (non-hydrogen) atoms. The van der Waals surface area contributed by atoms with Crippen LogP contribution in [0.3, 0.4) is 0 Å². The quantitative estimate of drug-likeness (QED) is 0.360. The molecule has 3 heteroatoms. The average molecular weight is 392 g/mol. The summed E-state index contributed by atoms with van der Waals surface area (Å²) in [5.41, 5.74) is 2.93. The van der Waals surface area contributed by atoms with Gasteiger partial charge in [0, 0.05) is 5.41 Å². The van der Waals surface area contributed by atoms with Gasteiger partial charge < -0.3 is 4.74 Å². The van der Waals surface area contributed by atoms with Crippen molar-refractivity contribution in [1.29, 1.82) is 0 Å². The third-order valence-electron chi connectivity index (χ3n) is 5.36. The second-order valence-corrected chi connectivity index (χ2v) is 7.66. The molecule has 0 aliphatic rings. The maximum atomic E-state index is 14.2. The summed E-state index contributed by atoms with van der Waals surface area (Å²) >= 11 is 0. The third-order valence-corrected chi connectivity index (χ3v) is 5.36. The first kappa shape index (κ1) is 20.8. The summed E-state index contributed by atoms with van der Waals surface area (Å²) < 4.78 is 33.1. The molecule has 1 unspecified atom stereocenters. The highest BCUT2D eigenvalue weighted by Gasteiger charge is 2.22. The number of hydrogen-bond donors (Lipinski definition) is 0. The summed E-state index contributed by atoms with van der Waals surface area (Å²) in [6, 6.07) is 19.1. The summed E-state index contributed by atoms with van der Waals surface area (Å²) in [6.07, 6.45) is 4.44. The van der Waals surface area contributed by atoms with Gasteiger partial charge in [0.05, 0.1) is 0 Å². The van der Waals surface area contributed by atoms with Crippen LogP contribution in [-0.4, -0.2) is 0 Å². The lowest BCUT2D eigenvalue weighted by atomic mass is 9.78. The van der Waals surface area contributed by atoms with Crippen LogP contribution in [0.4, 0.5) is 8.78 Å². The summed E-state index contributed by atoms with van der Waals surface area (Å²) in [7, 11) is 0. The highest BCUT2D eigenvalue weighted by atomic mass is 19.1. The van der Waals surface area contributed by atoms with Gasteiger partial charge in [0.15, 0.2) is 11.6 Å². The number of allylic oxidation sites excluding steroid dienone is 1. The van der Waals surface area contributed by atoms with Crippen LogP contribution in [0.25, 0.3) is 0 Å². The summed E-state index contributed by atoms with van der Waals surface area (Å²) in [5.74, 6) is 0.225. The smallest absolute Gasteiger partial charge is 0.165 e. The van der Waals surface area contributed by atoms with Crippen molar-refractivity contribution >= 4 is 0 Å². The molecular weight excluding hydrogens is 366 g/mol. The van der Waals surface area contributed by atoms with Crippen LogP contribution in [0.5, 0.6) is 11.5 Å². The van der Waals surface area contributed by atoms with Gasteiger partial charge in [-0.3, -0.25) is 0 Å². The first-order valence-corrected chi connectivity index (χ1v) is 9.82. The van der Waals surface area contributed by atoms with Crippen LogP contribution >= 0.6 is 0 Å². The minimum atomic E-state index is -0.378. The van der Waals surface area contributed by atoms with E-state index in [1.165, 1.54) is 18.2 Å². The van der Waals surface area contributed by atoms with Crippen molar-refractivity contribution in [1.82, 2.24) is 0 Å². The Morgan fingerprint density at radius 3 is 2.31 bits per heavy atom. The van der Waals surface area contributed by atoms with Crippen LogP contribution in [-0.2, 0) is 11.8 Å². The van der Waals surface area contributed by atoms with E-state index in [0.717, 1.165) is 36.0 Å². The Balaban J connectivity index is 1.66. The van der Waals surface area contributed by atoms with E-state index < -0.39 is 0 Å². The van der Waals surface area contributed by atoms with Crippen molar-refractivity contribution in [2.45, 2.75) is 38.5 Å². The highest BCUT2D eigenvalue weighted by molar-refractivity contribution is 5.36. The Kier molecular flexibility index (Phi) is 6.48. The first-order chi connectivity index (χ1) is 13.9. The van der Waals surface area contributed by atoms with Gasteiger partial charge in [0.2, 0.25) is 0 Å². The standard InChI is InChI=1S/C26H26F2O/c1-4-26(3,21-10-12-22(27)13-11-21)17-5-6-20-9-16-24(28)25(18-20)29-23-14-7-19(2)8-15-23/h4,7-16,18H,1,5-6,17H2,2-3H3. The van der Waals surface area contributed by atoms with E-state index in [9.17, 15) is 8.78 Å². The molecule has 0 radical (unpaired) electrons. The van der Waals surface area contributed by atoms with Gasteiger partial charge in [-0.1, -0.05) is 48.9 Å². The van der Waals surface area contributed by atoms with Crippen LogP contribution in [0.2, 0.25) is 0 Å². The Hall–Kier alpha value is -2.94. The van der Waals surface area contributed by atoms with E-state index in [4.69, 9.17) is 4.74 Å². The van der Waals surface area contributed by atoms with E-state index in [-0.39, 0.29) is 22.8 Å². The molecule has 0 spiro atoms. The zero-order valence-corrected chi connectivity index (χ0v) is 16.9. The van der Waals surface area contributed by atoms with Gasteiger partial charge in [-0.2, -0.15) is 0 Å². The number of hydrogen-bond acceptors (Lipinski definition) is 1. The SMILES string of the molecule is C=CC(C)(CCCc1ccc(F)c(Oc2ccc(C)cc2)c1)c1ccc(F)cc1. The maximum Gasteiger partial charge on any atom is 0.165 e. The predicted molar refractivity (Wildman–Crippen MR) is 115 cm³/mol. The van der Waals surface area contributed by atoms with Crippen molar-refractivity contribution in [3.8, 4) is 11.5 Å². The van der Waals surface area contributed by atoms with E-state index in [2.05, 4.69) is 13.5 Å². The minimum absolute atomic E-state index is 0.233. The molecule has 1 nitrogen and oxygen atoms in total. The molecule has 3 aromatic rings. The summed E-state index contributed by atoms with van der Waals surface area (Å²) in [5, 5.41) is 0. The lowest BCUT2D eigenvalue weighted by Gasteiger charge is -2.26. The second kappa shape index (κ2) is 9.04. The number of benzene rings is 3. The Labute approximate surface area is 171 Å². The number of aryl methyl sites for hydroxylation is 2. The molecule has 3 aromatic carbocycles. The monoisotopic (exact) mass is 392 g/mol. The number of rotatable bonds is 8. The maximum absolute atomic E-state index is 14.2. The zero-order chi connectivity index (χ0) is 20.9. The van der Waals surface area contributed by atoms with Crippen LogP contribution in [0.1, 0.15) is 36.5 Å². The fraction of sp³-hybridized carbons (Fsp3) is 0.231. The summed E-state index contributed by atoms with van der Waals surface area (Å²) in [6.45, 7) is 8.07. The molecule has 0 heterocycles. The van der Waals surface area contributed by atoms with Gasteiger partial charge >= 0.3 is 0 Å². The molecule has 0 amide bonds. The van der Waals surface area contributed by atoms with Crippen LogP contribution in [0, 0.1) is 18.6 Å². The van der Waals surface area contributed by atoms with Gasteiger partial charge in [-0.05, 0) is 73.7 Å². The molecule has 0 aliphatic carbocycles. The lowest BCUT2D eigenvalue weighted by molar-refractivity contribution is 0.441. The van der Waals surface area contributed by atoms with E-state index in [1.807, 2.05) is 49.4 Å². The zero-order valence-electron chi connectivity index (χ0n) is 16.9. The van der Waals surface area contributed by atoms with Crippen molar-refractivity contribution in [3.05, 3.63) is 108 Å². The predicted octanol–water partition coefficient (Wildman–Crippen LogP) is 7.53. The van der Waals surface area contributed by atoms with Gasteiger partial charge in [-0.15, -0.1) is 6.58 Å². The average Bonchev–Trinajstić information content (AvgIpc) is 2.72. The molecule has 0 aromatic heterocycles. The topological polar surface area (TPSA) is 9.23 Å². The van der Waals surface area contributed by atoms with Crippen molar-refractivity contribution < 1.29 is 13.5 Å². The van der Waals surface area contributed by atoms with Gasteiger partial charge in [-0.25, -0.2) is 8.78 Å². The lowest BCUT2D eigenvalue weighted by Crippen LogP contribution is -2.18. The molecule has 0 aliphatic heterocycles. The molecular formula is C26H26F2O. The largest absolute Gasteiger partial charge is 0.454 e. The van der Waals surface area contributed by atoms with Crippen LogP contribution < -0.4 is 4.74 Å². The number of halogens is 2. The van der Waals surface area contributed by atoms with Gasteiger partial charge in [0.1, 0.15) is 11.6 Å². The number of ether oxygens (including phenoxy) is 1. The molecule has 0 bridgehead atoms. The Bertz CT molecular complexity index is 961. The van der Waals surface area contributed by atoms with Crippen LogP contribution in [0.15, 0.2) is 79.4 Å². The molecule has 1 atom stereocenters. The summed E-state index contributed by atoms with van der Waals surface area (Å²) in [4.78, 5) is 0. The molecule has 0 fully saturated rings. The molecule has 0 N–H and O–H groups in total. The fourth-order valence-corrected chi connectivity index (χ4v) is 3.37. The third kappa shape index (κ3) is 5.32. The first-order valence-electron chi connectivity index (χ1n) is 9.82. The van der Waals surface area contributed by atoms with Crippen molar-refractivity contribution in [3.63, 3.8) is 0 Å². The van der Waals surface area contributed by atoms with Gasteiger partial charge in [0.25, 0.3) is 0 Å². The molecule has 3 rings (SSSR count). The van der Waals surface area contributed by atoms with E-state index in [0.29, 0.717) is 5.75 Å². The second-order valence-electron chi connectivity index (χ2n) is 7.66. The highest BCUT2D eigenvalue weighted by Crippen LogP contribution is 2.32. The van der Waals surface area contributed by atoms with Crippen molar-refractivity contribution in [2.24, 2.45) is 0 Å². The molecule has 0 saturated heterocycles. The van der Waals surface area contributed by atoms with Crippen molar-refractivity contribution in [2.75, 3.05) is 0 Å². The van der Waals surface area contributed by atoms with E-state index >= 15 is 0 Å². The normalized spacial score (nSPS) is 13.0. The molecule has 0 saturated carbocycles. The fourth-order valence-electron chi connectivity index (χ4n) is 3.37. The van der Waals surface area contributed by atoms with E-state index in [1.54, 1.807) is 12.1 Å².